The van der Waals surface area contributed by atoms with Gasteiger partial charge in [0.05, 0.1) is 11.8 Å². The maximum atomic E-state index is 12.7. The van der Waals surface area contributed by atoms with E-state index in [2.05, 4.69) is 20.3 Å². The average Bonchev–Trinajstić information content (AvgIpc) is 3.40. The van der Waals surface area contributed by atoms with Crippen molar-refractivity contribution in [1.29, 1.82) is 0 Å². The van der Waals surface area contributed by atoms with Gasteiger partial charge in [-0.1, -0.05) is 0 Å². The van der Waals surface area contributed by atoms with Crippen LogP contribution in [-0.4, -0.2) is 46.8 Å². The second-order valence-corrected chi connectivity index (χ2v) is 7.12. The topological polar surface area (TPSA) is 90.5 Å². The highest BCUT2D eigenvalue weighted by atomic mass is 19.4. The molecule has 1 amide bonds. The predicted molar refractivity (Wildman–Crippen MR) is 108 cm³/mol. The van der Waals surface area contributed by atoms with Crippen molar-refractivity contribution in [3.05, 3.63) is 60.3 Å². The number of aromatic nitrogens is 2. The quantitative estimate of drug-likeness (QED) is 0.571. The zero-order valence-corrected chi connectivity index (χ0v) is 16.2. The van der Waals surface area contributed by atoms with Gasteiger partial charge >= 0.3 is 6.36 Å². The molecule has 4 rings (SSSR count). The molecule has 1 fully saturated rings. The number of aliphatic hydroxyl groups is 1. The van der Waals surface area contributed by atoms with E-state index in [-0.39, 0.29) is 5.75 Å². The third-order valence-electron chi connectivity index (χ3n) is 4.90. The Bertz CT molecular complexity index is 1050. The number of benzene rings is 2. The number of halogens is 3. The van der Waals surface area contributed by atoms with Gasteiger partial charge < -0.3 is 20.1 Å². The summed E-state index contributed by atoms with van der Waals surface area (Å²) in [6, 6.07) is 11.9. The number of aliphatic hydroxyl groups excluding tert-OH is 1. The molecule has 3 N–H and O–H groups in total. The molecule has 162 valence electrons. The van der Waals surface area contributed by atoms with Crippen molar-refractivity contribution in [3.63, 3.8) is 0 Å². The van der Waals surface area contributed by atoms with Gasteiger partial charge in [-0.05, 0) is 55.0 Å². The highest BCUT2D eigenvalue weighted by Gasteiger charge is 2.31. The molecule has 3 aromatic rings. The summed E-state index contributed by atoms with van der Waals surface area (Å²) in [5, 5.41) is 19.4. The maximum Gasteiger partial charge on any atom is 0.573 e. The number of hydrogen-bond acceptors (Lipinski definition) is 5. The van der Waals surface area contributed by atoms with Crippen LogP contribution in [0.25, 0.3) is 11.3 Å². The van der Waals surface area contributed by atoms with Gasteiger partial charge in [-0.2, -0.15) is 5.10 Å². The van der Waals surface area contributed by atoms with Crippen LogP contribution in [0.3, 0.4) is 0 Å². The van der Waals surface area contributed by atoms with Crippen molar-refractivity contribution in [2.75, 3.05) is 23.3 Å². The monoisotopic (exact) mass is 432 g/mol. The number of anilines is 2. The molecule has 0 radical (unpaired) electrons. The largest absolute Gasteiger partial charge is 0.573 e. The van der Waals surface area contributed by atoms with Crippen LogP contribution < -0.4 is 15.0 Å². The molecule has 1 aliphatic heterocycles. The standard InChI is InChI=1S/C21H19F3N4O3/c22-21(23,24)31-16-4-2-14(3-5-16)26-20(30)13-1-6-19(28-10-8-15(29)12-28)17(11-13)18-7-9-25-27-18/h1-7,9,11,15,29H,8,10,12H2,(H,25,27)(H,26,30). The van der Waals surface area contributed by atoms with Gasteiger partial charge in [0.25, 0.3) is 5.91 Å². The van der Waals surface area contributed by atoms with Crippen LogP contribution in [0.5, 0.6) is 5.75 Å². The number of H-pyrrole nitrogens is 1. The molecular formula is C21H19F3N4O3. The molecule has 1 atom stereocenters. The van der Waals surface area contributed by atoms with Crippen LogP contribution >= 0.6 is 0 Å². The second-order valence-electron chi connectivity index (χ2n) is 7.12. The van der Waals surface area contributed by atoms with Crippen LogP contribution in [0.4, 0.5) is 24.5 Å². The lowest BCUT2D eigenvalue weighted by molar-refractivity contribution is -0.274. The summed E-state index contributed by atoms with van der Waals surface area (Å²) in [5.74, 6) is -0.789. The number of carbonyl (C=O) groups excluding carboxylic acids is 1. The van der Waals surface area contributed by atoms with Crippen molar-refractivity contribution in [3.8, 4) is 17.0 Å². The maximum absolute atomic E-state index is 12.7. The molecule has 7 nitrogen and oxygen atoms in total. The van der Waals surface area contributed by atoms with E-state index >= 15 is 0 Å². The number of aromatic amines is 1. The second kappa shape index (κ2) is 8.31. The Morgan fingerprint density at radius 2 is 1.97 bits per heavy atom. The summed E-state index contributed by atoms with van der Waals surface area (Å²) in [6.07, 6.45) is -2.91. The summed E-state index contributed by atoms with van der Waals surface area (Å²) in [7, 11) is 0. The highest BCUT2D eigenvalue weighted by Crippen LogP contribution is 2.33. The minimum absolute atomic E-state index is 0.328. The Balaban J connectivity index is 1.55. The van der Waals surface area contributed by atoms with E-state index < -0.39 is 18.4 Å². The Morgan fingerprint density at radius 1 is 1.19 bits per heavy atom. The third-order valence-corrected chi connectivity index (χ3v) is 4.90. The molecule has 1 aromatic heterocycles. The molecule has 2 heterocycles. The summed E-state index contributed by atoms with van der Waals surface area (Å²) in [4.78, 5) is 14.8. The zero-order valence-electron chi connectivity index (χ0n) is 16.2. The zero-order chi connectivity index (χ0) is 22.0. The van der Waals surface area contributed by atoms with E-state index in [1.165, 1.54) is 12.1 Å². The van der Waals surface area contributed by atoms with E-state index in [0.29, 0.717) is 30.8 Å². The highest BCUT2D eigenvalue weighted by molar-refractivity contribution is 6.05. The van der Waals surface area contributed by atoms with E-state index in [0.717, 1.165) is 29.1 Å². The number of ether oxygens (including phenoxy) is 1. The summed E-state index contributed by atoms with van der Waals surface area (Å²) in [5.41, 5.74) is 3.04. The molecule has 0 spiro atoms. The summed E-state index contributed by atoms with van der Waals surface area (Å²) in [6.45, 7) is 1.19. The van der Waals surface area contributed by atoms with Crippen molar-refractivity contribution in [1.82, 2.24) is 10.2 Å². The number of alkyl halides is 3. The van der Waals surface area contributed by atoms with Crippen LogP contribution in [0.1, 0.15) is 16.8 Å². The molecule has 2 aromatic carbocycles. The molecule has 10 heteroatoms. The first-order valence-corrected chi connectivity index (χ1v) is 9.52. The van der Waals surface area contributed by atoms with Crippen LogP contribution in [-0.2, 0) is 0 Å². The van der Waals surface area contributed by atoms with E-state index in [1.807, 2.05) is 11.0 Å². The molecule has 0 saturated carbocycles. The van der Waals surface area contributed by atoms with E-state index in [4.69, 9.17) is 0 Å². The van der Waals surface area contributed by atoms with Gasteiger partial charge in [0, 0.05) is 41.8 Å². The predicted octanol–water partition coefficient (Wildman–Crippen LogP) is 3.80. The summed E-state index contributed by atoms with van der Waals surface area (Å²) < 4.78 is 40.7. The van der Waals surface area contributed by atoms with Gasteiger partial charge in [-0.3, -0.25) is 9.89 Å². The number of carbonyl (C=O) groups is 1. The number of hydrogen-bond donors (Lipinski definition) is 3. The number of nitrogens with zero attached hydrogens (tertiary/aromatic N) is 2. The van der Waals surface area contributed by atoms with E-state index in [1.54, 1.807) is 24.4 Å². The van der Waals surface area contributed by atoms with Crippen molar-refractivity contribution in [2.24, 2.45) is 0 Å². The molecule has 1 saturated heterocycles. The normalized spacial score (nSPS) is 16.4. The smallest absolute Gasteiger partial charge is 0.406 e. The van der Waals surface area contributed by atoms with Gasteiger partial charge in [-0.15, -0.1) is 13.2 Å². The van der Waals surface area contributed by atoms with Gasteiger partial charge in [0.1, 0.15) is 5.75 Å². The Morgan fingerprint density at radius 3 is 2.58 bits per heavy atom. The van der Waals surface area contributed by atoms with Gasteiger partial charge in [-0.25, -0.2) is 0 Å². The fraction of sp³-hybridized carbons (Fsp3) is 0.238. The number of β-amino-alcohol motifs (C(OH)–C–C–N with tert-alkyl or cyclic N) is 1. The lowest BCUT2D eigenvalue weighted by atomic mass is 10.0. The first kappa shape index (κ1) is 20.7. The minimum Gasteiger partial charge on any atom is -0.406 e. The number of nitrogens with one attached hydrogen (secondary N) is 2. The van der Waals surface area contributed by atoms with Crippen molar-refractivity contribution < 1.29 is 27.8 Å². The van der Waals surface area contributed by atoms with Gasteiger partial charge in [0.15, 0.2) is 0 Å². The van der Waals surface area contributed by atoms with Gasteiger partial charge in [0.2, 0.25) is 0 Å². The van der Waals surface area contributed by atoms with Crippen LogP contribution in [0, 0.1) is 0 Å². The molecule has 1 aliphatic rings. The molecule has 0 bridgehead atoms. The summed E-state index contributed by atoms with van der Waals surface area (Å²) >= 11 is 0. The SMILES string of the molecule is O=C(Nc1ccc(OC(F)(F)F)cc1)c1ccc(N2CCC(O)C2)c(-c2ccn[nH]2)c1. The van der Waals surface area contributed by atoms with Crippen molar-refractivity contribution >= 4 is 17.3 Å². The molecular weight excluding hydrogens is 413 g/mol. The lowest BCUT2D eigenvalue weighted by Crippen LogP contribution is -2.22. The molecule has 1 unspecified atom stereocenters. The minimum atomic E-state index is -4.78. The van der Waals surface area contributed by atoms with Crippen molar-refractivity contribution in [2.45, 2.75) is 18.9 Å². The molecule has 0 aliphatic carbocycles. The third kappa shape index (κ3) is 4.97. The Hall–Kier alpha value is -3.53. The lowest BCUT2D eigenvalue weighted by Gasteiger charge is -2.22. The van der Waals surface area contributed by atoms with Crippen LogP contribution in [0.2, 0.25) is 0 Å². The first-order valence-electron chi connectivity index (χ1n) is 9.52. The number of rotatable bonds is 5. The molecule has 31 heavy (non-hydrogen) atoms. The Kier molecular flexibility index (Phi) is 5.55. The van der Waals surface area contributed by atoms with E-state index in [9.17, 15) is 23.1 Å². The average molecular weight is 432 g/mol. The number of amides is 1. The first-order chi connectivity index (χ1) is 14.8. The Labute approximate surface area is 175 Å². The fourth-order valence-corrected chi connectivity index (χ4v) is 3.48. The van der Waals surface area contributed by atoms with Crippen LogP contribution in [0.15, 0.2) is 54.7 Å². The fourth-order valence-electron chi connectivity index (χ4n) is 3.48.